The van der Waals surface area contributed by atoms with Crippen LogP contribution in [0.25, 0.3) is 0 Å². The molecule has 0 aliphatic carbocycles. The first-order chi connectivity index (χ1) is 15.8. The first-order valence-electron chi connectivity index (χ1n) is 11.2. The van der Waals surface area contributed by atoms with E-state index in [4.69, 9.17) is 4.42 Å². The van der Waals surface area contributed by atoms with E-state index >= 15 is 0 Å². The lowest BCUT2D eigenvalue weighted by Gasteiger charge is -2.28. The van der Waals surface area contributed by atoms with Gasteiger partial charge in [-0.3, -0.25) is 4.79 Å². The first-order valence-corrected chi connectivity index (χ1v) is 12.8. The number of hydrogen-bond acceptors (Lipinski definition) is 4. The molecule has 1 heterocycles. The number of carbonyl (C=O) groups is 1. The highest BCUT2D eigenvalue weighted by atomic mass is 32.2. The van der Waals surface area contributed by atoms with Gasteiger partial charge in [0, 0.05) is 13.1 Å². The van der Waals surface area contributed by atoms with Crippen molar-refractivity contribution in [2.24, 2.45) is 5.92 Å². The third kappa shape index (κ3) is 7.87. The normalized spacial score (nSPS) is 11.8. The van der Waals surface area contributed by atoms with Gasteiger partial charge in [0.1, 0.15) is 5.76 Å². The second kappa shape index (κ2) is 11.8. The molecule has 0 bridgehead atoms. The average molecular weight is 469 g/mol. The van der Waals surface area contributed by atoms with Crippen molar-refractivity contribution in [3.8, 4) is 0 Å². The van der Waals surface area contributed by atoms with E-state index in [1.807, 2.05) is 68.4 Å². The van der Waals surface area contributed by atoms with Crippen molar-refractivity contribution < 1.29 is 17.6 Å². The number of rotatable bonds is 12. The molecule has 0 N–H and O–H groups in total. The van der Waals surface area contributed by atoms with Crippen LogP contribution in [0.4, 0.5) is 0 Å². The van der Waals surface area contributed by atoms with Gasteiger partial charge in [-0.1, -0.05) is 74.5 Å². The van der Waals surface area contributed by atoms with Gasteiger partial charge >= 0.3 is 0 Å². The molecule has 1 amide bonds. The monoisotopic (exact) mass is 468 g/mol. The number of nitrogens with zero attached hydrogens (tertiary/aromatic N) is 2. The van der Waals surface area contributed by atoms with Crippen molar-refractivity contribution in [3.05, 3.63) is 95.9 Å². The number of benzene rings is 2. The van der Waals surface area contributed by atoms with Gasteiger partial charge in [0.25, 0.3) is 0 Å². The van der Waals surface area contributed by atoms with Crippen LogP contribution in [0.1, 0.15) is 30.7 Å². The second-order valence-corrected chi connectivity index (χ2v) is 10.5. The molecular weight excluding hydrogens is 436 g/mol. The molecule has 1 aromatic heterocycles. The summed E-state index contributed by atoms with van der Waals surface area (Å²) in [4.78, 5) is 15.0. The fourth-order valence-electron chi connectivity index (χ4n) is 3.60. The summed E-state index contributed by atoms with van der Waals surface area (Å²) in [6.45, 7) is 4.76. The van der Waals surface area contributed by atoms with Gasteiger partial charge in [-0.15, -0.1) is 0 Å². The van der Waals surface area contributed by atoms with Gasteiger partial charge in [-0.05, 0) is 35.6 Å². The molecule has 0 aliphatic rings. The van der Waals surface area contributed by atoms with E-state index in [1.165, 1.54) is 4.31 Å². The third-order valence-corrected chi connectivity index (χ3v) is 7.02. The maximum atomic E-state index is 13.4. The Labute approximate surface area is 196 Å². The van der Waals surface area contributed by atoms with Crippen LogP contribution in [0.2, 0.25) is 0 Å². The van der Waals surface area contributed by atoms with E-state index in [9.17, 15) is 13.2 Å². The molecule has 7 heteroatoms. The lowest BCUT2D eigenvalue weighted by molar-refractivity contribution is -0.132. The van der Waals surface area contributed by atoms with Gasteiger partial charge in [0.05, 0.1) is 25.1 Å². The quantitative estimate of drug-likeness (QED) is 0.396. The largest absolute Gasteiger partial charge is 0.467 e. The third-order valence-electron chi connectivity index (χ3n) is 5.26. The molecule has 176 valence electrons. The molecule has 0 spiro atoms. The van der Waals surface area contributed by atoms with Crippen molar-refractivity contribution in [2.45, 2.75) is 32.6 Å². The Balaban J connectivity index is 1.76. The van der Waals surface area contributed by atoms with E-state index in [1.54, 1.807) is 29.4 Å². The molecule has 33 heavy (non-hydrogen) atoms. The molecular formula is C26H32N2O4S. The molecule has 6 nitrogen and oxygen atoms in total. The predicted molar refractivity (Wildman–Crippen MR) is 130 cm³/mol. The summed E-state index contributed by atoms with van der Waals surface area (Å²) in [5.41, 5.74) is 1.82. The summed E-state index contributed by atoms with van der Waals surface area (Å²) in [5.74, 6) is 0.389. The highest BCUT2D eigenvalue weighted by Crippen LogP contribution is 2.15. The average Bonchev–Trinajstić information content (AvgIpc) is 3.30. The summed E-state index contributed by atoms with van der Waals surface area (Å²) < 4.78 is 33.2. The van der Waals surface area contributed by atoms with Gasteiger partial charge < -0.3 is 9.32 Å². The molecule has 2 aromatic carbocycles. The Bertz CT molecular complexity index is 1080. The fraction of sp³-hybridized carbons (Fsp3) is 0.346. The highest BCUT2D eigenvalue weighted by Gasteiger charge is 2.28. The molecule has 0 atom stereocenters. The topological polar surface area (TPSA) is 70.8 Å². The van der Waals surface area contributed by atoms with E-state index in [2.05, 4.69) is 0 Å². The summed E-state index contributed by atoms with van der Waals surface area (Å²) in [7, 11) is -3.67. The van der Waals surface area contributed by atoms with Crippen molar-refractivity contribution in [2.75, 3.05) is 19.6 Å². The predicted octanol–water partition coefficient (Wildman–Crippen LogP) is 4.34. The van der Waals surface area contributed by atoms with Crippen LogP contribution < -0.4 is 0 Å². The minimum Gasteiger partial charge on any atom is -0.467 e. The zero-order chi connectivity index (χ0) is 23.7. The molecule has 0 saturated heterocycles. The number of furan rings is 1. The lowest BCUT2D eigenvalue weighted by Crippen LogP contribution is -2.44. The Hall–Kier alpha value is -2.90. The summed E-state index contributed by atoms with van der Waals surface area (Å²) >= 11 is 0. The highest BCUT2D eigenvalue weighted by molar-refractivity contribution is 7.88. The molecule has 0 fully saturated rings. The number of carbonyl (C=O) groups excluding carboxylic acids is 1. The van der Waals surface area contributed by atoms with Crippen molar-refractivity contribution in [1.82, 2.24) is 9.21 Å². The Kier molecular flexibility index (Phi) is 8.86. The van der Waals surface area contributed by atoms with E-state index in [0.717, 1.165) is 5.56 Å². The molecule has 3 rings (SSSR count). The van der Waals surface area contributed by atoms with Crippen LogP contribution in [0, 0.1) is 5.92 Å². The first kappa shape index (κ1) is 24.7. The Morgan fingerprint density at radius 3 is 2.12 bits per heavy atom. The van der Waals surface area contributed by atoms with Crippen molar-refractivity contribution >= 4 is 15.9 Å². The van der Waals surface area contributed by atoms with Crippen molar-refractivity contribution in [1.29, 1.82) is 0 Å². The van der Waals surface area contributed by atoms with Crippen LogP contribution in [0.5, 0.6) is 0 Å². The standard InChI is InChI=1S/C26H32N2O4S/c1-22(2)18-28(33(30,31)21-24-12-7-4-8-13-24)20-26(29)27(19-25-14-9-17-32-25)16-15-23-10-5-3-6-11-23/h3-14,17,22H,15-16,18-21H2,1-2H3. The minimum absolute atomic E-state index is 0.0891. The summed E-state index contributed by atoms with van der Waals surface area (Å²) in [5, 5.41) is 0. The molecule has 0 unspecified atom stereocenters. The number of hydrogen-bond donors (Lipinski definition) is 0. The summed E-state index contributed by atoms with van der Waals surface area (Å²) in [6.07, 6.45) is 2.25. The van der Waals surface area contributed by atoms with Gasteiger partial charge in [0.15, 0.2) is 0 Å². The van der Waals surface area contributed by atoms with Gasteiger partial charge in [-0.2, -0.15) is 4.31 Å². The number of amides is 1. The lowest BCUT2D eigenvalue weighted by atomic mass is 10.1. The van der Waals surface area contributed by atoms with E-state index in [-0.39, 0.29) is 30.7 Å². The van der Waals surface area contributed by atoms with Crippen LogP contribution in [-0.2, 0) is 33.5 Å². The fourth-order valence-corrected chi connectivity index (χ4v) is 5.23. The Morgan fingerprint density at radius 2 is 1.55 bits per heavy atom. The molecule has 0 saturated carbocycles. The molecule has 3 aromatic rings. The van der Waals surface area contributed by atoms with Crippen LogP contribution in [0.3, 0.4) is 0 Å². The zero-order valence-electron chi connectivity index (χ0n) is 19.3. The van der Waals surface area contributed by atoms with Crippen LogP contribution in [-0.4, -0.2) is 43.2 Å². The van der Waals surface area contributed by atoms with Crippen molar-refractivity contribution in [3.63, 3.8) is 0 Å². The van der Waals surface area contributed by atoms with Crippen LogP contribution >= 0.6 is 0 Å². The van der Waals surface area contributed by atoms with Gasteiger partial charge in [0.2, 0.25) is 15.9 Å². The second-order valence-electron chi connectivity index (χ2n) is 8.56. The molecule has 0 radical (unpaired) electrons. The zero-order valence-corrected chi connectivity index (χ0v) is 20.1. The molecule has 0 aliphatic heterocycles. The number of sulfonamides is 1. The maximum absolute atomic E-state index is 13.4. The van der Waals surface area contributed by atoms with E-state index in [0.29, 0.717) is 30.8 Å². The minimum atomic E-state index is -3.67. The SMILES string of the molecule is CC(C)CN(CC(=O)N(CCc1ccccc1)Cc1ccco1)S(=O)(=O)Cc1ccccc1. The smallest absolute Gasteiger partial charge is 0.238 e. The maximum Gasteiger partial charge on any atom is 0.238 e. The summed E-state index contributed by atoms with van der Waals surface area (Å²) in [6, 6.07) is 22.6. The van der Waals surface area contributed by atoms with Crippen LogP contribution in [0.15, 0.2) is 83.5 Å². The van der Waals surface area contributed by atoms with E-state index < -0.39 is 10.0 Å². The Morgan fingerprint density at radius 1 is 0.909 bits per heavy atom. The van der Waals surface area contributed by atoms with Gasteiger partial charge in [-0.25, -0.2) is 8.42 Å².